The third-order valence-corrected chi connectivity index (χ3v) is 3.88. The number of nitro groups is 1. The first-order chi connectivity index (χ1) is 9.45. The molecule has 0 aliphatic carbocycles. The third kappa shape index (κ3) is 2.61. The number of carbonyl (C=O) groups excluding carboxylic acids is 1. The van der Waals surface area contributed by atoms with Crippen LogP contribution in [0.3, 0.4) is 0 Å². The molecule has 0 bridgehead atoms. The maximum atomic E-state index is 11.6. The minimum absolute atomic E-state index is 0.0161. The fourth-order valence-electron chi connectivity index (χ4n) is 1.77. The molecule has 0 unspecified atom stereocenters. The average Bonchev–Trinajstić information content (AvgIpc) is 2.73. The normalized spacial score (nSPS) is 10.8. The molecule has 106 valence electrons. The number of H-pyrrole nitrogens is 1. The molecule has 2 aromatic rings. The quantitative estimate of drug-likeness (QED) is 0.641. The molecule has 1 aromatic heterocycles. The number of nitro benzene ring substituents is 1. The summed E-state index contributed by atoms with van der Waals surface area (Å²) in [6, 6.07) is 1.58. The van der Waals surface area contributed by atoms with Gasteiger partial charge in [-0.2, -0.15) is 5.10 Å². The van der Waals surface area contributed by atoms with Crippen LogP contribution in [-0.4, -0.2) is 21.0 Å². The van der Waals surface area contributed by atoms with E-state index in [0.29, 0.717) is 22.7 Å². The standard InChI is InChI=1S/C11H10BrClN4O3/c1-2-3-7(18)14-11-5-4-6(12)8(13)10(17(19)20)9(5)15-16-11/h4H,2-3H2,1H3,(H2,14,15,16,18). The predicted molar refractivity (Wildman–Crippen MR) is 79.0 cm³/mol. The number of hydrogen-bond acceptors (Lipinski definition) is 4. The van der Waals surface area contributed by atoms with Gasteiger partial charge in [0.2, 0.25) is 5.91 Å². The second-order valence-corrected chi connectivity index (χ2v) is 5.30. The second kappa shape index (κ2) is 5.76. The lowest BCUT2D eigenvalue weighted by atomic mass is 10.2. The Kier molecular flexibility index (Phi) is 4.24. The first kappa shape index (κ1) is 14.7. The molecule has 9 heteroatoms. The summed E-state index contributed by atoms with van der Waals surface area (Å²) in [6.07, 6.45) is 1.05. The Balaban J connectivity index is 2.56. The molecule has 2 N–H and O–H groups in total. The maximum absolute atomic E-state index is 11.6. The van der Waals surface area contributed by atoms with E-state index in [1.54, 1.807) is 6.07 Å². The van der Waals surface area contributed by atoms with Crippen molar-refractivity contribution >= 4 is 55.8 Å². The number of anilines is 1. The van der Waals surface area contributed by atoms with Crippen molar-refractivity contribution in [1.82, 2.24) is 10.2 Å². The van der Waals surface area contributed by atoms with Crippen molar-refractivity contribution in [2.45, 2.75) is 19.8 Å². The zero-order valence-electron chi connectivity index (χ0n) is 10.4. The molecule has 1 amide bonds. The first-order valence-corrected chi connectivity index (χ1v) is 6.93. The van der Waals surface area contributed by atoms with Crippen molar-refractivity contribution in [3.8, 4) is 0 Å². The molecule has 20 heavy (non-hydrogen) atoms. The van der Waals surface area contributed by atoms with Crippen LogP contribution in [0.1, 0.15) is 19.8 Å². The summed E-state index contributed by atoms with van der Waals surface area (Å²) < 4.78 is 0.366. The van der Waals surface area contributed by atoms with E-state index in [4.69, 9.17) is 11.6 Å². The molecule has 7 nitrogen and oxygen atoms in total. The van der Waals surface area contributed by atoms with E-state index in [2.05, 4.69) is 31.4 Å². The molecule has 0 saturated heterocycles. The average molecular weight is 362 g/mol. The monoisotopic (exact) mass is 360 g/mol. The number of nitrogens with zero attached hydrogens (tertiary/aromatic N) is 2. The van der Waals surface area contributed by atoms with Crippen molar-refractivity contribution in [3.63, 3.8) is 0 Å². The van der Waals surface area contributed by atoms with Crippen LogP contribution in [0.4, 0.5) is 11.5 Å². The fourth-order valence-corrected chi connectivity index (χ4v) is 2.41. The van der Waals surface area contributed by atoms with Crippen LogP contribution in [0.15, 0.2) is 10.5 Å². The molecule has 0 radical (unpaired) electrons. The number of halogens is 2. The number of benzene rings is 1. The number of rotatable bonds is 4. The Hall–Kier alpha value is -1.67. The lowest BCUT2D eigenvalue weighted by Crippen LogP contribution is -2.11. The van der Waals surface area contributed by atoms with Gasteiger partial charge in [-0.15, -0.1) is 0 Å². The van der Waals surface area contributed by atoms with Crippen molar-refractivity contribution in [2.24, 2.45) is 0 Å². The van der Waals surface area contributed by atoms with E-state index in [1.165, 1.54) is 0 Å². The highest BCUT2D eigenvalue weighted by Crippen LogP contribution is 2.40. The summed E-state index contributed by atoms with van der Waals surface area (Å²) in [5.74, 6) is 0.0496. The van der Waals surface area contributed by atoms with Crippen molar-refractivity contribution in [2.75, 3.05) is 5.32 Å². The van der Waals surface area contributed by atoms with E-state index in [1.807, 2.05) is 6.92 Å². The van der Waals surface area contributed by atoms with Gasteiger partial charge in [-0.1, -0.05) is 18.5 Å². The van der Waals surface area contributed by atoms with Gasteiger partial charge < -0.3 is 5.32 Å². The predicted octanol–water partition coefficient (Wildman–Crippen LogP) is 3.63. The number of amides is 1. The zero-order valence-corrected chi connectivity index (χ0v) is 12.7. The van der Waals surface area contributed by atoms with Gasteiger partial charge in [-0.05, 0) is 28.4 Å². The van der Waals surface area contributed by atoms with Crippen LogP contribution < -0.4 is 5.32 Å². The molecular formula is C11H10BrClN4O3. The summed E-state index contributed by atoms with van der Waals surface area (Å²) in [5, 5.41) is 20.6. The van der Waals surface area contributed by atoms with Gasteiger partial charge in [0.15, 0.2) is 5.82 Å². The molecule has 0 saturated carbocycles. The minimum Gasteiger partial charge on any atom is -0.309 e. The number of hydrogen-bond donors (Lipinski definition) is 2. The van der Waals surface area contributed by atoms with Crippen LogP contribution in [-0.2, 0) is 4.79 Å². The lowest BCUT2D eigenvalue weighted by Gasteiger charge is -2.02. The van der Waals surface area contributed by atoms with E-state index >= 15 is 0 Å². The van der Waals surface area contributed by atoms with Gasteiger partial charge >= 0.3 is 5.69 Å². The zero-order chi connectivity index (χ0) is 14.9. The van der Waals surface area contributed by atoms with Gasteiger partial charge in [0, 0.05) is 10.9 Å². The largest absolute Gasteiger partial charge is 0.314 e. The highest BCUT2D eigenvalue weighted by atomic mass is 79.9. The van der Waals surface area contributed by atoms with Gasteiger partial charge in [0.05, 0.1) is 10.3 Å². The van der Waals surface area contributed by atoms with Crippen LogP contribution in [0.2, 0.25) is 5.02 Å². The third-order valence-electron chi connectivity index (χ3n) is 2.65. The highest BCUT2D eigenvalue weighted by molar-refractivity contribution is 9.10. The Labute approximate surface area is 127 Å². The van der Waals surface area contributed by atoms with E-state index in [0.717, 1.165) is 0 Å². The topological polar surface area (TPSA) is 101 Å². The molecule has 0 atom stereocenters. The van der Waals surface area contributed by atoms with Crippen LogP contribution in [0, 0.1) is 10.1 Å². The van der Waals surface area contributed by atoms with E-state index < -0.39 is 4.92 Å². The molecule has 0 fully saturated rings. The van der Waals surface area contributed by atoms with Crippen LogP contribution in [0.25, 0.3) is 10.9 Å². The SMILES string of the molecule is CCCC(=O)Nc1n[nH]c2c([N+](=O)[O-])c(Cl)c(Br)cc12. The maximum Gasteiger partial charge on any atom is 0.314 e. The highest BCUT2D eigenvalue weighted by Gasteiger charge is 2.24. The van der Waals surface area contributed by atoms with Crippen LogP contribution >= 0.6 is 27.5 Å². The first-order valence-electron chi connectivity index (χ1n) is 5.76. The minimum atomic E-state index is -0.592. The Morgan fingerprint density at radius 2 is 2.35 bits per heavy atom. The van der Waals surface area contributed by atoms with Crippen molar-refractivity contribution in [3.05, 3.63) is 25.7 Å². The van der Waals surface area contributed by atoms with Gasteiger partial charge in [-0.25, -0.2) is 0 Å². The van der Waals surface area contributed by atoms with E-state index in [-0.39, 0.29) is 28.0 Å². The molecule has 0 aliphatic heterocycles. The molecule has 0 aliphatic rings. The summed E-state index contributed by atoms with van der Waals surface area (Å²) >= 11 is 9.07. The summed E-state index contributed by atoms with van der Waals surface area (Å²) in [4.78, 5) is 22.1. The number of aromatic amines is 1. The Morgan fingerprint density at radius 3 is 2.95 bits per heavy atom. The van der Waals surface area contributed by atoms with Crippen molar-refractivity contribution < 1.29 is 9.72 Å². The Morgan fingerprint density at radius 1 is 1.65 bits per heavy atom. The molecule has 1 heterocycles. The summed E-state index contributed by atoms with van der Waals surface area (Å²) in [6.45, 7) is 1.88. The summed E-state index contributed by atoms with van der Waals surface area (Å²) in [5.41, 5.74) is -0.102. The van der Waals surface area contributed by atoms with Crippen LogP contribution in [0.5, 0.6) is 0 Å². The Bertz CT molecular complexity index is 701. The van der Waals surface area contributed by atoms with E-state index in [9.17, 15) is 14.9 Å². The summed E-state index contributed by atoms with van der Waals surface area (Å²) in [7, 11) is 0. The molecule has 2 rings (SSSR count). The van der Waals surface area contributed by atoms with Gasteiger partial charge in [0.1, 0.15) is 10.5 Å². The molecule has 0 spiro atoms. The van der Waals surface area contributed by atoms with Gasteiger partial charge in [-0.3, -0.25) is 20.0 Å². The smallest absolute Gasteiger partial charge is 0.309 e. The van der Waals surface area contributed by atoms with Crippen molar-refractivity contribution in [1.29, 1.82) is 0 Å². The second-order valence-electron chi connectivity index (χ2n) is 4.07. The number of carbonyl (C=O) groups is 1. The number of aromatic nitrogens is 2. The molecular weight excluding hydrogens is 352 g/mol. The lowest BCUT2D eigenvalue weighted by molar-refractivity contribution is -0.383. The fraction of sp³-hybridized carbons (Fsp3) is 0.273. The van der Waals surface area contributed by atoms with Gasteiger partial charge in [0.25, 0.3) is 0 Å². The number of nitrogens with one attached hydrogen (secondary N) is 2. The number of fused-ring (bicyclic) bond motifs is 1. The molecule has 1 aromatic carbocycles.